The van der Waals surface area contributed by atoms with Crippen molar-refractivity contribution in [1.82, 2.24) is 29.6 Å². The van der Waals surface area contributed by atoms with Crippen molar-refractivity contribution in [2.75, 3.05) is 24.9 Å². The van der Waals surface area contributed by atoms with E-state index < -0.39 is 48.1 Å². The Balaban J connectivity index is 0.000000133. The molecule has 2 aromatic heterocycles. The fraction of sp³-hybridized carbons (Fsp3) is 0.128. The van der Waals surface area contributed by atoms with Crippen molar-refractivity contribution < 1.29 is 57.7 Å². The fourth-order valence-electron chi connectivity index (χ4n) is 13.3. The van der Waals surface area contributed by atoms with Crippen molar-refractivity contribution >= 4 is 134 Å². The van der Waals surface area contributed by atoms with Gasteiger partial charge in [0.2, 0.25) is 0 Å². The van der Waals surface area contributed by atoms with Gasteiger partial charge in [0.25, 0.3) is 35.4 Å². The number of ether oxygens (including phenoxy) is 2. The zero-order chi connectivity index (χ0) is 79.0. The van der Waals surface area contributed by atoms with Crippen LogP contribution in [0.2, 0.25) is 0 Å². The normalized spacial score (nSPS) is 14.1. The maximum absolute atomic E-state index is 13.3. The number of nitrogens with one attached hydrogen (secondary N) is 2. The molecule has 26 heteroatoms. The highest BCUT2D eigenvalue weighted by molar-refractivity contribution is 9.11. The number of carboxylic acid groups (broad SMARTS) is 1. The number of fused-ring (bicyclic) bond motifs is 4. The van der Waals surface area contributed by atoms with E-state index in [0.717, 1.165) is 69.1 Å². The van der Waals surface area contributed by atoms with E-state index >= 15 is 0 Å². The molecule has 6 heterocycles. The van der Waals surface area contributed by atoms with E-state index in [1.807, 2.05) is 194 Å². The third-order valence-electron chi connectivity index (χ3n) is 18.5. The lowest BCUT2D eigenvalue weighted by atomic mass is 10.0. The summed E-state index contributed by atoms with van der Waals surface area (Å²) in [6.45, 7) is 1.46. The Hall–Kier alpha value is -11.9. The van der Waals surface area contributed by atoms with Crippen molar-refractivity contribution in [2.45, 2.75) is 56.4 Å². The average Bonchev–Trinajstić information content (AvgIpc) is 1.70. The van der Waals surface area contributed by atoms with Crippen LogP contribution < -0.4 is 16.4 Å². The van der Waals surface area contributed by atoms with Crippen molar-refractivity contribution in [2.24, 2.45) is 5.73 Å². The number of amides is 6. The van der Waals surface area contributed by atoms with Gasteiger partial charge in [0.1, 0.15) is 18.1 Å². The number of carbonyl (C=O) groups is 9. The highest BCUT2D eigenvalue weighted by atomic mass is 79.9. The lowest BCUT2D eigenvalue weighted by molar-refractivity contribution is -0.146. The minimum absolute atomic E-state index is 0.141. The number of anilines is 2. The van der Waals surface area contributed by atoms with Crippen LogP contribution in [0.15, 0.2) is 291 Å². The molecule has 0 bridgehead atoms. The third kappa shape index (κ3) is 18.7. The van der Waals surface area contributed by atoms with Gasteiger partial charge in [-0.15, -0.1) is 22.7 Å². The number of carbonyl (C=O) groups excluding carboxylic acids is 8. The molecular weight excluding hydrogens is 1650 g/mol. The van der Waals surface area contributed by atoms with Gasteiger partial charge in [-0.05, 0) is 128 Å². The maximum Gasteiger partial charge on any atom is 0.333 e. The van der Waals surface area contributed by atoms with E-state index in [0.29, 0.717) is 64.3 Å². The van der Waals surface area contributed by atoms with Gasteiger partial charge < -0.3 is 39.9 Å². The van der Waals surface area contributed by atoms with Crippen LogP contribution >= 0.6 is 70.5 Å². The summed E-state index contributed by atoms with van der Waals surface area (Å²) >= 11 is 12.9. The number of esters is 2. The molecule has 5 N–H and O–H groups in total. The predicted octanol–water partition coefficient (Wildman–Crippen LogP) is 16.8. The molecule has 0 spiro atoms. The molecule has 0 radical (unpaired) electrons. The standard InChI is InChI=1S/C25H19N3O2S.C19H14BrN3O2S.C17H14BrNO3.C16H12BrNO3.C9H11NO2/c29-23(27-25-26-13-14-31-25)22(18-9-5-2-6-10-18)28-16-20-15-19(11-12-21(20)24(28)30)17-7-3-1-4-8-17;20-14-6-7-15-13(10-14)11-23(18(15)25)16(12-4-2-1-3-5-12)17(24)22-19-21-8-9-26-19;1-22-17(21)15(11-5-3-2-4-6-11)19-10-12-9-13(18)7-8-14(12)16(19)20;17-12-6-7-13-11(8-12)9-18(15(13)19)14(16(20)21)10-4-2-1-3-5-10;1-12-9(11)8(10)7-5-3-2-4-6-7/h1-15,22H,16H2,(H,26,27,29);1-10,16H,11H2,(H,21,22,24);2-9,15H,10H2,1H3;1-8,14H,9H2,(H,20,21);2-6,8H,10H2,1H3/t22-;16-;15-;14-;8-/m11111/s1. The van der Waals surface area contributed by atoms with E-state index in [1.54, 1.807) is 98.5 Å². The van der Waals surface area contributed by atoms with E-state index in [1.165, 1.54) is 41.8 Å². The Morgan fingerprint density at radius 3 is 1.04 bits per heavy atom. The first kappa shape index (κ1) is 79.6. The van der Waals surface area contributed by atoms with Crippen LogP contribution in [0.4, 0.5) is 10.3 Å². The Labute approximate surface area is 678 Å². The molecule has 0 saturated heterocycles. The molecule has 0 aliphatic carbocycles. The van der Waals surface area contributed by atoms with E-state index in [9.17, 15) is 48.3 Å². The highest BCUT2D eigenvalue weighted by Crippen LogP contribution is 2.39. The summed E-state index contributed by atoms with van der Waals surface area (Å²) in [6.07, 6.45) is 3.27. The van der Waals surface area contributed by atoms with Crippen LogP contribution in [-0.4, -0.2) is 102 Å². The number of halogens is 3. The van der Waals surface area contributed by atoms with Crippen LogP contribution in [0.1, 0.15) is 122 Å². The van der Waals surface area contributed by atoms with Gasteiger partial charge in [0.15, 0.2) is 22.3 Å². The first-order chi connectivity index (χ1) is 54.3. The largest absolute Gasteiger partial charge is 0.479 e. The topological polar surface area (TPSA) is 281 Å². The van der Waals surface area contributed by atoms with E-state index in [4.69, 9.17) is 10.5 Å². The van der Waals surface area contributed by atoms with Crippen molar-refractivity contribution in [3.8, 4) is 11.1 Å². The molecule has 0 unspecified atom stereocenters. The summed E-state index contributed by atoms with van der Waals surface area (Å²) in [7, 11) is 2.66. The average molecular weight is 1730 g/mol. The molecule has 12 aromatic rings. The number of aliphatic carboxylic acids is 1. The molecule has 5 atom stereocenters. The number of methoxy groups -OCH3 is 2. The monoisotopic (exact) mass is 1720 g/mol. The van der Waals surface area contributed by atoms with Crippen LogP contribution in [0.3, 0.4) is 0 Å². The summed E-state index contributed by atoms with van der Waals surface area (Å²) < 4.78 is 12.1. The first-order valence-corrected chi connectivity index (χ1v) is 39.0. The molecule has 6 amide bonds. The SMILES string of the molecule is COC(=O)[C@@H](c1ccccc1)N1Cc2cc(Br)ccc2C1=O.COC(=O)[C@H](N)c1ccccc1.O=C(Nc1nccs1)[C@@H](c1ccccc1)N1Cc2cc(-c3ccccc3)ccc2C1=O.O=C(Nc1nccs1)[C@@H](c1ccccc1)N1Cc2cc(Br)ccc2C1=O.O=C(O)[C@@H](c1ccccc1)N1Cc2cc(Br)ccc2C1=O. The van der Waals surface area contributed by atoms with Crippen LogP contribution in [0.25, 0.3) is 11.1 Å². The summed E-state index contributed by atoms with van der Waals surface area (Å²) in [5.41, 5.74) is 17.4. The first-order valence-electron chi connectivity index (χ1n) is 34.9. The van der Waals surface area contributed by atoms with E-state index in [2.05, 4.69) is 73.1 Å². The van der Waals surface area contributed by atoms with Crippen molar-refractivity contribution in [3.63, 3.8) is 0 Å². The summed E-state index contributed by atoms with van der Waals surface area (Å²) in [5.74, 6) is -3.10. The second-order valence-electron chi connectivity index (χ2n) is 25.6. The zero-order valence-corrected chi connectivity index (χ0v) is 66.3. The fourth-order valence-corrected chi connectivity index (χ4v) is 15.6. The highest BCUT2D eigenvalue weighted by Gasteiger charge is 2.42. The molecule has 4 aliphatic heterocycles. The molecule has 16 rings (SSSR count). The van der Waals surface area contributed by atoms with E-state index in [-0.39, 0.29) is 35.4 Å². The zero-order valence-electron chi connectivity index (χ0n) is 59.9. The molecule has 0 saturated carbocycles. The Morgan fingerprint density at radius 2 is 0.696 bits per heavy atom. The Kier molecular flexibility index (Phi) is 26.5. The van der Waals surface area contributed by atoms with Crippen molar-refractivity contribution in [1.29, 1.82) is 0 Å². The molecule has 21 nitrogen and oxygen atoms in total. The number of rotatable bonds is 17. The number of thiazole rings is 2. The second-order valence-corrected chi connectivity index (χ2v) is 30.1. The molecule has 0 fully saturated rings. The number of nitrogens with two attached hydrogens (primary N) is 1. The number of carboxylic acids is 1. The minimum Gasteiger partial charge on any atom is -0.479 e. The quantitative estimate of drug-likeness (QED) is 0.0617. The maximum atomic E-state index is 13.3. The lowest BCUT2D eigenvalue weighted by Gasteiger charge is -2.27. The van der Waals surface area contributed by atoms with Gasteiger partial charge in [0, 0.05) is 85.0 Å². The molecule has 4 aliphatic rings. The Morgan fingerprint density at radius 1 is 0.393 bits per heavy atom. The smallest absolute Gasteiger partial charge is 0.333 e. The lowest BCUT2D eigenvalue weighted by Crippen LogP contribution is -2.37. The Bertz CT molecular complexity index is 5380. The van der Waals surface area contributed by atoms with Crippen molar-refractivity contribution in [3.05, 3.63) is 364 Å². The number of benzene rings is 10. The molecule has 112 heavy (non-hydrogen) atoms. The minimum atomic E-state index is -1.03. The van der Waals surface area contributed by atoms with Crippen LogP contribution in [0, 0.1) is 0 Å². The van der Waals surface area contributed by atoms with Gasteiger partial charge in [-0.1, -0.05) is 236 Å². The number of nitrogens with zero attached hydrogens (tertiary/aromatic N) is 6. The number of aromatic nitrogens is 2. The number of hydrogen-bond acceptors (Lipinski definition) is 16. The molecular formula is C86H70Br3N9O12S2. The van der Waals surface area contributed by atoms with Gasteiger partial charge >= 0.3 is 17.9 Å². The van der Waals surface area contributed by atoms with Crippen LogP contribution in [0.5, 0.6) is 0 Å². The second kappa shape index (κ2) is 37.2. The third-order valence-corrected chi connectivity index (χ3v) is 21.4. The van der Waals surface area contributed by atoms with Gasteiger partial charge in [-0.2, -0.15) is 0 Å². The summed E-state index contributed by atoms with van der Waals surface area (Å²) in [6, 6.07) is 74.4. The van der Waals surface area contributed by atoms with Gasteiger partial charge in [0.05, 0.1) is 14.2 Å². The predicted molar refractivity (Wildman–Crippen MR) is 437 cm³/mol. The summed E-state index contributed by atoms with van der Waals surface area (Å²) in [4.78, 5) is 127. The summed E-state index contributed by atoms with van der Waals surface area (Å²) in [5, 5.41) is 19.8. The number of hydrogen-bond donors (Lipinski definition) is 4. The van der Waals surface area contributed by atoms with Gasteiger partial charge in [-0.25, -0.2) is 19.6 Å². The molecule has 564 valence electrons. The van der Waals surface area contributed by atoms with Gasteiger partial charge in [-0.3, -0.25) is 44.2 Å². The molecule has 10 aromatic carbocycles. The van der Waals surface area contributed by atoms with Crippen LogP contribution in [-0.2, 0) is 59.6 Å².